The van der Waals surface area contributed by atoms with Crippen LogP contribution in [0.25, 0.3) is 0 Å². The number of methoxy groups -OCH3 is 1. The van der Waals surface area contributed by atoms with Crippen LogP contribution in [-0.2, 0) is 14.3 Å². The van der Waals surface area contributed by atoms with Crippen LogP contribution in [0.3, 0.4) is 0 Å². The molecule has 0 bridgehead atoms. The van der Waals surface area contributed by atoms with Crippen LogP contribution < -0.4 is 10.6 Å². The first-order chi connectivity index (χ1) is 10.7. The van der Waals surface area contributed by atoms with Crippen LogP contribution in [0.5, 0.6) is 0 Å². The van der Waals surface area contributed by atoms with E-state index in [0.717, 1.165) is 38.4 Å². The number of carbonyl (C=O) groups is 1. The zero-order valence-corrected chi connectivity index (χ0v) is 16.8. The van der Waals surface area contributed by atoms with Gasteiger partial charge in [0.25, 0.3) is 0 Å². The molecule has 1 atom stereocenters. The lowest BCUT2D eigenvalue weighted by molar-refractivity contribution is -0.129. The summed E-state index contributed by atoms with van der Waals surface area (Å²) in [6.07, 6.45) is 2.45. The van der Waals surface area contributed by atoms with Gasteiger partial charge in [0.1, 0.15) is 0 Å². The van der Waals surface area contributed by atoms with Gasteiger partial charge < -0.3 is 25.0 Å². The zero-order chi connectivity index (χ0) is 16.2. The van der Waals surface area contributed by atoms with E-state index < -0.39 is 0 Å². The van der Waals surface area contributed by atoms with Crippen LogP contribution in [0.15, 0.2) is 4.99 Å². The summed E-state index contributed by atoms with van der Waals surface area (Å²) in [4.78, 5) is 17.8. The third-order valence-corrected chi connectivity index (χ3v) is 3.60. The summed E-state index contributed by atoms with van der Waals surface area (Å²) in [6.45, 7) is 6.26. The number of rotatable bonds is 9. The fraction of sp³-hybridized carbons (Fsp3) is 0.867. The van der Waals surface area contributed by atoms with Crippen molar-refractivity contribution in [3.63, 3.8) is 0 Å². The van der Waals surface area contributed by atoms with Crippen LogP contribution >= 0.6 is 24.0 Å². The second-order valence-corrected chi connectivity index (χ2v) is 5.28. The van der Waals surface area contributed by atoms with Crippen LogP contribution in [-0.4, -0.2) is 76.4 Å². The molecule has 0 radical (unpaired) electrons. The third kappa shape index (κ3) is 9.31. The van der Waals surface area contributed by atoms with Gasteiger partial charge in [-0.1, -0.05) is 6.92 Å². The number of nitrogens with zero attached hydrogens (tertiary/aromatic N) is 2. The van der Waals surface area contributed by atoms with E-state index in [0.29, 0.717) is 26.2 Å². The van der Waals surface area contributed by atoms with Crippen LogP contribution in [0, 0.1) is 0 Å². The summed E-state index contributed by atoms with van der Waals surface area (Å²) in [5.74, 6) is 1.01. The van der Waals surface area contributed by atoms with Gasteiger partial charge in [0.15, 0.2) is 5.96 Å². The van der Waals surface area contributed by atoms with Crippen LogP contribution in [0.2, 0.25) is 0 Å². The number of carbonyl (C=O) groups excluding carboxylic acids is 1. The minimum atomic E-state index is 0. The molecule has 8 heteroatoms. The molecule has 0 aromatic heterocycles. The average molecular weight is 442 g/mol. The van der Waals surface area contributed by atoms with Gasteiger partial charge in [-0.2, -0.15) is 0 Å². The van der Waals surface area contributed by atoms with E-state index in [2.05, 4.69) is 15.6 Å². The van der Waals surface area contributed by atoms with Gasteiger partial charge in [-0.3, -0.25) is 9.79 Å². The van der Waals surface area contributed by atoms with Crippen molar-refractivity contribution >= 4 is 35.8 Å². The molecule has 1 aliphatic heterocycles. The molecule has 1 fully saturated rings. The summed E-state index contributed by atoms with van der Waals surface area (Å²) in [6, 6.07) is 0.277. The molecule has 0 aliphatic carbocycles. The van der Waals surface area contributed by atoms with E-state index in [-0.39, 0.29) is 35.9 Å². The van der Waals surface area contributed by atoms with E-state index in [1.54, 1.807) is 14.2 Å². The largest absolute Gasteiger partial charge is 0.382 e. The number of halogens is 1. The molecule has 1 rings (SSSR count). The summed E-state index contributed by atoms with van der Waals surface area (Å²) in [5, 5.41) is 6.64. The Labute approximate surface area is 156 Å². The van der Waals surface area contributed by atoms with E-state index in [1.165, 1.54) is 0 Å². The molecule has 2 N–H and O–H groups in total. The molecule has 0 saturated carbocycles. The van der Waals surface area contributed by atoms with E-state index in [9.17, 15) is 4.79 Å². The fourth-order valence-corrected chi connectivity index (χ4v) is 2.34. The summed E-state index contributed by atoms with van der Waals surface area (Å²) >= 11 is 0. The maximum atomic E-state index is 11.7. The Morgan fingerprint density at radius 3 is 2.78 bits per heavy atom. The maximum Gasteiger partial charge on any atom is 0.222 e. The normalized spacial score (nSPS) is 17.8. The second kappa shape index (κ2) is 13.8. The number of ether oxygens (including phenoxy) is 2. The van der Waals surface area contributed by atoms with Crippen molar-refractivity contribution in [1.29, 1.82) is 0 Å². The number of guanidine groups is 1. The van der Waals surface area contributed by atoms with Crippen molar-refractivity contribution in [2.24, 2.45) is 4.99 Å². The van der Waals surface area contributed by atoms with Crippen molar-refractivity contribution in [3.8, 4) is 0 Å². The molecule has 1 heterocycles. The third-order valence-electron chi connectivity index (χ3n) is 3.60. The van der Waals surface area contributed by atoms with Crippen LogP contribution in [0.4, 0.5) is 0 Å². The quantitative estimate of drug-likeness (QED) is 0.240. The number of nitrogens with one attached hydrogen (secondary N) is 2. The Hall–Kier alpha value is -0.610. The van der Waals surface area contributed by atoms with Gasteiger partial charge in [0, 0.05) is 52.9 Å². The lowest BCUT2D eigenvalue weighted by Crippen LogP contribution is -2.45. The highest BCUT2D eigenvalue weighted by Crippen LogP contribution is 2.10. The van der Waals surface area contributed by atoms with Gasteiger partial charge in [-0.15, -0.1) is 24.0 Å². The highest BCUT2D eigenvalue weighted by Gasteiger charge is 2.25. The first kappa shape index (κ1) is 22.4. The van der Waals surface area contributed by atoms with Gasteiger partial charge >= 0.3 is 0 Å². The number of aliphatic imine (C=N–C) groups is 1. The molecular formula is C15H31IN4O3. The summed E-state index contributed by atoms with van der Waals surface area (Å²) < 4.78 is 10.3. The number of amides is 1. The molecule has 23 heavy (non-hydrogen) atoms. The van der Waals surface area contributed by atoms with E-state index in [1.807, 2.05) is 11.8 Å². The Bertz CT molecular complexity index is 356. The standard InChI is InChI=1S/C15H30N4O3.HI/c1-4-14(20)19-8-6-13(12-19)18-15(16-2)17-7-5-9-22-11-10-21-3;/h13H,4-12H2,1-3H3,(H2,16,17,18);1H. The maximum absolute atomic E-state index is 11.7. The number of hydrogen-bond acceptors (Lipinski definition) is 4. The van der Waals surface area contributed by atoms with Crippen LogP contribution in [0.1, 0.15) is 26.2 Å². The predicted molar refractivity (Wildman–Crippen MR) is 103 cm³/mol. The van der Waals surface area contributed by atoms with Gasteiger partial charge in [0.05, 0.1) is 13.2 Å². The molecule has 136 valence electrons. The van der Waals surface area contributed by atoms with Crippen molar-refractivity contribution < 1.29 is 14.3 Å². The Morgan fingerprint density at radius 1 is 1.35 bits per heavy atom. The molecule has 0 aromatic carbocycles. The Balaban J connectivity index is 0.00000484. The molecule has 1 saturated heterocycles. The molecule has 1 aliphatic rings. The lowest BCUT2D eigenvalue weighted by Gasteiger charge is -2.18. The predicted octanol–water partition coefficient (Wildman–Crippen LogP) is 0.833. The molecular weight excluding hydrogens is 411 g/mol. The van der Waals surface area contributed by atoms with Crippen molar-refractivity contribution in [2.75, 3.05) is 53.6 Å². The fourth-order valence-electron chi connectivity index (χ4n) is 2.34. The molecule has 0 aromatic rings. The molecule has 7 nitrogen and oxygen atoms in total. The Kier molecular flexibility index (Phi) is 13.4. The molecule has 0 spiro atoms. The van der Waals surface area contributed by atoms with E-state index >= 15 is 0 Å². The smallest absolute Gasteiger partial charge is 0.222 e. The topological polar surface area (TPSA) is 75.2 Å². The summed E-state index contributed by atoms with van der Waals surface area (Å²) in [5.41, 5.74) is 0. The van der Waals surface area contributed by atoms with E-state index in [4.69, 9.17) is 9.47 Å². The van der Waals surface area contributed by atoms with Crippen molar-refractivity contribution in [1.82, 2.24) is 15.5 Å². The molecule has 1 amide bonds. The summed E-state index contributed by atoms with van der Waals surface area (Å²) in [7, 11) is 3.42. The van der Waals surface area contributed by atoms with Gasteiger partial charge in [-0.25, -0.2) is 0 Å². The SMILES string of the molecule is CCC(=O)N1CCC(NC(=NC)NCCCOCCOC)C1.I. The highest BCUT2D eigenvalue weighted by molar-refractivity contribution is 14.0. The second-order valence-electron chi connectivity index (χ2n) is 5.28. The minimum Gasteiger partial charge on any atom is -0.382 e. The van der Waals surface area contributed by atoms with Gasteiger partial charge in [-0.05, 0) is 12.8 Å². The average Bonchev–Trinajstić information content (AvgIpc) is 3.00. The Morgan fingerprint density at radius 2 is 2.13 bits per heavy atom. The van der Waals surface area contributed by atoms with Crippen molar-refractivity contribution in [2.45, 2.75) is 32.2 Å². The monoisotopic (exact) mass is 442 g/mol. The first-order valence-corrected chi connectivity index (χ1v) is 8.02. The number of likely N-dealkylation sites (tertiary alicyclic amines) is 1. The lowest BCUT2D eigenvalue weighted by atomic mass is 10.3. The molecule has 1 unspecified atom stereocenters. The van der Waals surface area contributed by atoms with Gasteiger partial charge in [0.2, 0.25) is 5.91 Å². The minimum absolute atomic E-state index is 0. The van der Waals surface area contributed by atoms with Crippen molar-refractivity contribution in [3.05, 3.63) is 0 Å². The number of hydrogen-bond donors (Lipinski definition) is 2. The first-order valence-electron chi connectivity index (χ1n) is 8.02. The zero-order valence-electron chi connectivity index (χ0n) is 14.5. The highest BCUT2D eigenvalue weighted by atomic mass is 127.